The van der Waals surface area contributed by atoms with Crippen LogP contribution in [0.5, 0.6) is 5.75 Å². The van der Waals surface area contributed by atoms with E-state index in [-0.39, 0.29) is 24.2 Å². The first-order valence-electron chi connectivity index (χ1n) is 9.93. The van der Waals surface area contributed by atoms with E-state index in [0.29, 0.717) is 18.9 Å². The molecule has 1 aromatic heterocycles. The Bertz CT molecular complexity index is 978. The zero-order chi connectivity index (χ0) is 20.9. The Labute approximate surface area is 179 Å². The highest BCUT2D eigenvalue weighted by Crippen LogP contribution is 2.26. The van der Waals surface area contributed by atoms with Gasteiger partial charge in [-0.25, -0.2) is 9.37 Å². The lowest BCUT2D eigenvalue weighted by Gasteiger charge is -2.40. The monoisotopic (exact) mass is 425 g/mol. The van der Waals surface area contributed by atoms with Crippen molar-refractivity contribution in [1.82, 2.24) is 14.8 Å². The molecule has 2 aromatic carbocycles. The van der Waals surface area contributed by atoms with Crippen LogP contribution in [0.3, 0.4) is 0 Å². The normalized spacial score (nSPS) is 17.1. The fraction of sp³-hybridized carbons (Fsp3) is 0.304. The van der Waals surface area contributed by atoms with Gasteiger partial charge >= 0.3 is 0 Å². The molecule has 0 spiro atoms. The lowest BCUT2D eigenvalue weighted by molar-refractivity contribution is -0.135. The van der Waals surface area contributed by atoms with Crippen LogP contribution in [0.25, 0.3) is 0 Å². The number of aromatic nitrogens is 1. The van der Waals surface area contributed by atoms with Crippen molar-refractivity contribution in [2.45, 2.75) is 19.1 Å². The number of benzene rings is 2. The van der Waals surface area contributed by atoms with E-state index in [1.54, 1.807) is 12.1 Å². The van der Waals surface area contributed by atoms with E-state index in [1.165, 1.54) is 23.5 Å². The highest BCUT2D eigenvalue weighted by molar-refractivity contribution is 7.09. The molecule has 3 aromatic rings. The van der Waals surface area contributed by atoms with Crippen molar-refractivity contribution in [2.24, 2.45) is 0 Å². The number of carbonyl (C=O) groups excluding carboxylic acids is 1. The van der Waals surface area contributed by atoms with Gasteiger partial charge in [-0.15, -0.1) is 11.3 Å². The average Bonchev–Trinajstić information content (AvgIpc) is 3.21. The molecule has 1 saturated heterocycles. The summed E-state index contributed by atoms with van der Waals surface area (Å²) in [5, 5.41) is 2.70. The Morgan fingerprint density at radius 1 is 1.17 bits per heavy atom. The minimum atomic E-state index is -0.296. The van der Waals surface area contributed by atoms with Crippen molar-refractivity contribution in [3.63, 3.8) is 0 Å². The predicted molar refractivity (Wildman–Crippen MR) is 115 cm³/mol. The van der Waals surface area contributed by atoms with E-state index in [4.69, 9.17) is 4.74 Å². The highest BCUT2D eigenvalue weighted by Gasteiger charge is 2.30. The molecule has 0 N–H and O–H groups in total. The molecule has 1 aliphatic rings. The van der Waals surface area contributed by atoms with Gasteiger partial charge in [-0.1, -0.05) is 30.3 Å². The molecule has 0 radical (unpaired) electrons. The van der Waals surface area contributed by atoms with Gasteiger partial charge in [0.05, 0.1) is 18.2 Å². The van der Waals surface area contributed by atoms with Crippen LogP contribution in [0.2, 0.25) is 0 Å². The number of likely N-dealkylation sites (N-methyl/N-ethyl adjacent to an activating group) is 1. The van der Waals surface area contributed by atoms with E-state index in [2.05, 4.69) is 29.1 Å². The van der Waals surface area contributed by atoms with Crippen LogP contribution in [0.4, 0.5) is 4.39 Å². The summed E-state index contributed by atoms with van der Waals surface area (Å²) in [6, 6.07) is 16.1. The first-order valence-corrected chi connectivity index (χ1v) is 10.8. The Balaban J connectivity index is 1.38. The fourth-order valence-electron chi connectivity index (χ4n) is 3.61. The van der Waals surface area contributed by atoms with Crippen molar-refractivity contribution >= 4 is 17.2 Å². The molecule has 0 aliphatic carbocycles. The first kappa shape index (κ1) is 20.5. The lowest BCUT2D eigenvalue weighted by atomic mass is 10.0. The Hall–Kier alpha value is -2.77. The summed E-state index contributed by atoms with van der Waals surface area (Å²) >= 11 is 1.47. The summed E-state index contributed by atoms with van der Waals surface area (Å²) in [7, 11) is 2.09. The average molecular weight is 426 g/mol. The second-order valence-electron chi connectivity index (χ2n) is 7.43. The molecule has 30 heavy (non-hydrogen) atoms. The predicted octanol–water partition coefficient (Wildman–Crippen LogP) is 3.92. The van der Waals surface area contributed by atoms with Gasteiger partial charge < -0.3 is 14.5 Å². The molecule has 0 saturated carbocycles. The lowest BCUT2D eigenvalue weighted by Crippen LogP contribution is -2.49. The third kappa shape index (κ3) is 5.04. The van der Waals surface area contributed by atoms with Crippen molar-refractivity contribution in [1.29, 1.82) is 0 Å². The minimum absolute atomic E-state index is 0.0531. The molecule has 156 valence electrons. The largest absolute Gasteiger partial charge is 0.486 e. The number of ether oxygens (including phenoxy) is 1. The van der Waals surface area contributed by atoms with E-state index >= 15 is 0 Å². The second-order valence-corrected chi connectivity index (χ2v) is 8.37. The fourth-order valence-corrected chi connectivity index (χ4v) is 4.31. The third-order valence-electron chi connectivity index (χ3n) is 5.20. The van der Waals surface area contributed by atoms with Crippen LogP contribution < -0.4 is 4.74 Å². The number of halogens is 1. The number of amides is 1. The van der Waals surface area contributed by atoms with Gasteiger partial charge in [0, 0.05) is 25.0 Å². The quantitative estimate of drug-likeness (QED) is 0.601. The van der Waals surface area contributed by atoms with E-state index in [0.717, 1.165) is 29.4 Å². The van der Waals surface area contributed by atoms with Crippen LogP contribution >= 0.6 is 11.3 Å². The van der Waals surface area contributed by atoms with Gasteiger partial charge in [0.25, 0.3) is 0 Å². The molecule has 7 heteroatoms. The van der Waals surface area contributed by atoms with Gasteiger partial charge in [0.2, 0.25) is 5.91 Å². The Kier molecular flexibility index (Phi) is 6.40. The van der Waals surface area contributed by atoms with E-state index < -0.39 is 0 Å². The maximum atomic E-state index is 13.1. The van der Waals surface area contributed by atoms with Crippen molar-refractivity contribution in [2.75, 3.05) is 26.7 Å². The van der Waals surface area contributed by atoms with Crippen LogP contribution in [0.1, 0.15) is 22.3 Å². The van der Waals surface area contributed by atoms with Gasteiger partial charge in [0.1, 0.15) is 23.2 Å². The molecule has 0 bridgehead atoms. The zero-order valence-electron chi connectivity index (χ0n) is 16.8. The van der Waals surface area contributed by atoms with Crippen molar-refractivity contribution in [3.05, 3.63) is 82.1 Å². The van der Waals surface area contributed by atoms with E-state index in [1.807, 2.05) is 28.5 Å². The smallest absolute Gasteiger partial charge is 0.229 e. The number of rotatable bonds is 6. The zero-order valence-corrected chi connectivity index (χ0v) is 17.6. The van der Waals surface area contributed by atoms with Crippen LogP contribution in [0, 0.1) is 5.82 Å². The van der Waals surface area contributed by atoms with Crippen LogP contribution in [-0.2, 0) is 17.8 Å². The number of piperazine rings is 1. The van der Waals surface area contributed by atoms with Gasteiger partial charge in [-0.3, -0.25) is 4.79 Å². The summed E-state index contributed by atoms with van der Waals surface area (Å²) < 4.78 is 18.6. The van der Waals surface area contributed by atoms with Gasteiger partial charge in [-0.05, 0) is 36.9 Å². The van der Waals surface area contributed by atoms with Crippen LogP contribution in [-0.4, -0.2) is 47.4 Å². The third-order valence-corrected chi connectivity index (χ3v) is 6.07. The standard InChI is InChI=1S/C23H24FN3O2S/c1-26-11-12-27(21(14-26)17-5-3-2-4-6-17)23(28)13-19-16-30-22(25-19)15-29-20-9-7-18(24)8-10-20/h2-10,16,21H,11-15H2,1H3/t21-/m0/s1. The Morgan fingerprint density at radius 3 is 2.70 bits per heavy atom. The number of nitrogens with zero attached hydrogens (tertiary/aromatic N) is 3. The molecule has 1 atom stereocenters. The number of thiazole rings is 1. The first-order chi connectivity index (χ1) is 14.6. The van der Waals surface area contributed by atoms with Gasteiger partial charge in [0.15, 0.2) is 0 Å². The van der Waals surface area contributed by atoms with Crippen molar-refractivity contribution in [3.8, 4) is 5.75 Å². The molecule has 5 nitrogen and oxygen atoms in total. The molecule has 1 aliphatic heterocycles. The summed E-state index contributed by atoms with van der Waals surface area (Å²) in [4.78, 5) is 21.9. The number of hydrogen-bond donors (Lipinski definition) is 0. The Morgan fingerprint density at radius 2 is 1.93 bits per heavy atom. The molecule has 1 fully saturated rings. The topological polar surface area (TPSA) is 45.7 Å². The van der Waals surface area contributed by atoms with Crippen LogP contribution in [0.15, 0.2) is 60.0 Å². The molecular weight excluding hydrogens is 401 g/mol. The van der Waals surface area contributed by atoms with Crippen molar-refractivity contribution < 1.29 is 13.9 Å². The molecule has 4 rings (SSSR count). The molecular formula is C23H24FN3O2S. The summed E-state index contributed by atoms with van der Waals surface area (Å²) in [6.07, 6.45) is 0.278. The molecule has 1 amide bonds. The number of hydrogen-bond acceptors (Lipinski definition) is 5. The second kappa shape index (κ2) is 9.36. The highest BCUT2D eigenvalue weighted by atomic mass is 32.1. The van der Waals surface area contributed by atoms with Gasteiger partial charge in [-0.2, -0.15) is 0 Å². The summed E-state index contributed by atoms with van der Waals surface area (Å²) in [5.41, 5.74) is 1.91. The minimum Gasteiger partial charge on any atom is -0.486 e. The SMILES string of the molecule is CN1CCN(C(=O)Cc2csc(COc3ccc(F)cc3)n2)[C@H](c2ccccc2)C1. The maximum absolute atomic E-state index is 13.1. The van der Waals surface area contributed by atoms with E-state index in [9.17, 15) is 9.18 Å². The molecule has 2 heterocycles. The molecule has 0 unspecified atom stereocenters. The number of carbonyl (C=O) groups is 1. The summed E-state index contributed by atoms with van der Waals surface area (Å²) in [5.74, 6) is 0.385. The maximum Gasteiger partial charge on any atom is 0.229 e. The summed E-state index contributed by atoms with van der Waals surface area (Å²) in [6.45, 7) is 2.69.